The summed E-state index contributed by atoms with van der Waals surface area (Å²) in [7, 11) is 0. The van der Waals surface area contributed by atoms with E-state index in [4.69, 9.17) is 5.73 Å². The van der Waals surface area contributed by atoms with Crippen molar-refractivity contribution in [1.82, 2.24) is 9.80 Å². The van der Waals surface area contributed by atoms with Gasteiger partial charge in [0.2, 0.25) is 0 Å². The molecule has 2 saturated heterocycles. The summed E-state index contributed by atoms with van der Waals surface area (Å²) in [6, 6.07) is 3.40. The molecule has 0 aromatic carbocycles. The molecule has 0 radical (unpaired) electrons. The van der Waals surface area contributed by atoms with E-state index in [0.717, 1.165) is 19.1 Å². The van der Waals surface area contributed by atoms with Crippen LogP contribution in [0.5, 0.6) is 0 Å². The number of hydrogen-bond acceptors (Lipinski definition) is 4. The first-order valence-electron chi connectivity index (χ1n) is 7.20. The Bertz CT molecular complexity index is 423. The third-order valence-electron chi connectivity index (χ3n) is 4.45. The minimum atomic E-state index is 0.403. The van der Waals surface area contributed by atoms with Crippen molar-refractivity contribution in [3.8, 4) is 0 Å². The van der Waals surface area contributed by atoms with Gasteiger partial charge < -0.3 is 5.73 Å². The predicted molar refractivity (Wildman–Crippen MR) is 84.6 cm³/mol. The lowest BCUT2D eigenvalue weighted by Gasteiger charge is -2.46. The summed E-state index contributed by atoms with van der Waals surface area (Å²) in [5, 5.41) is 2.16. The van der Waals surface area contributed by atoms with Crippen LogP contribution >= 0.6 is 27.3 Å². The summed E-state index contributed by atoms with van der Waals surface area (Å²) >= 11 is 5.38. The van der Waals surface area contributed by atoms with Gasteiger partial charge in [0.1, 0.15) is 0 Å². The second-order valence-corrected chi connectivity index (χ2v) is 7.46. The Balaban J connectivity index is 1.70. The Kier molecular flexibility index (Phi) is 4.59. The van der Waals surface area contributed by atoms with Gasteiger partial charge in [-0.1, -0.05) is 6.42 Å². The van der Waals surface area contributed by atoms with Crippen molar-refractivity contribution in [3.05, 3.63) is 20.8 Å². The number of nitrogens with zero attached hydrogens (tertiary/aromatic N) is 2. The van der Waals surface area contributed by atoms with Crippen LogP contribution in [0, 0.1) is 0 Å². The summed E-state index contributed by atoms with van der Waals surface area (Å²) in [4.78, 5) is 6.68. The third kappa shape index (κ3) is 3.05. The molecule has 0 saturated carbocycles. The summed E-state index contributed by atoms with van der Waals surface area (Å²) < 4.78 is 1.18. The third-order valence-corrected chi connectivity index (χ3v) is 6.24. The lowest BCUT2D eigenvalue weighted by atomic mass is 9.98. The average molecular weight is 344 g/mol. The zero-order chi connectivity index (χ0) is 13.2. The number of halogens is 1. The number of nitrogens with two attached hydrogens (primary N) is 1. The first-order chi connectivity index (χ1) is 9.28. The molecule has 0 amide bonds. The van der Waals surface area contributed by atoms with Gasteiger partial charge in [0.15, 0.2) is 0 Å². The number of piperazine rings is 1. The minimum absolute atomic E-state index is 0.403. The van der Waals surface area contributed by atoms with Crippen molar-refractivity contribution < 1.29 is 0 Å². The number of fused-ring (bicyclic) bond motifs is 1. The molecule has 1 aromatic heterocycles. The Morgan fingerprint density at radius 3 is 3.00 bits per heavy atom. The Morgan fingerprint density at radius 2 is 2.26 bits per heavy atom. The van der Waals surface area contributed by atoms with Crippen LogP contribution in [-0.4, -0.2) is 48.6 Å². The molecule has 0 spiro atoms. The SMILES string of the molecule is NCC(c1cc(Br)cs1)N1CCN2CCCCC2C1. The van der Waals surface area contributed by atoms with Crippen molar-refractivity contribution in [3.63, 3.8) is 0 Å². The second-order valence-electron chi connectivity index (χ2n) is 5.60. The summed E-state index contributed by atoms with van der Waals surface area (Å²) in [6.45, 7) is 5.59. The van der Waals surface area contributed by atoms with Crippen LogP contribution in [0.2, 0.25) is 0 Å². The lowest BCUT2D eigenvalue weighted by Crippen LogP contribution is -2.56. The van der Waals surface area contributed by atoms with E-state index in [1.54, 1.807) is 0 Å². The molecule has 2 fully saturated rings. The van der Waals surface area contributed by atoms with Gasteiger partial charge in [-0.3, -0.25) is 9.80 Å². The van der Waals surface area contributed by atoms with Gasteiger partial charge in [-0.05, 0) is 41.4 Å². The number of hydrogen-bond donors (Lipinski definition) is 1. The smallest absolute Gasteiger partial charge is 0.0565 e. The van der Waals surface area contributed by atoms with Crippen LogP contribution in [-0.2, 0) is 0 Å². The lowest BCUT2D eigenvalue weighted by molar-refractivity contribution is 0.0293. The summed E-state index contributed by atoms with van der Waals surface area (Å²) in [5.41, 5.74) is 6.05. The van der Waals surface area contributed by atoms with E-state index in [0.29, 0.717) is 6.04 Å². The maximum atomic E-state index is 6.05. The monoisotopic (exact) mass is 343 g/mol. The molecule has 2 N–H and O–H groups in total. The highest BCUT2D eigenvalue weighted by molar-refractivity contribution is 9.10. The van der Waals surface area contributed by atoms with Crippen molar-refractivity contribution in [2.45, 2.75) is 31.3 Å². The van der Waals surface area contributed by atoms with E-state index in [1.165, 1.54) is 48.2 Å². The van der Waals surface area contributed by atoms with Crippen LogP contribution in [0.3, 0.4) is 0 Å². The van der Waals surface area contributed by atoms with Gasteiger partial charge in [0.05, 0.1) is 6.04 Å². The molecular weight excluding hydrogens is 322 g/mol. The van der Waals surface area contributed by atoms with Crippen LogP contribution in [0.15, 0.2) is 15.9 Å². The first kappa shape index (κ1) is 14.0. The largest absolute Gasteiger partial charge is 0.329 e. The fourth-order valence-electron chi connectivity index (χ4n) is 3.41. The van der Waals surface area contributed by atoms with Gasteiger partial charge in [-0.15, -0.1) is 11.3 Å². The number of rotatable bonds is 3. The summed E-state index contributed by atoms with van der Waals surface area (Å²) in [5.74, 6) is 0. The van der Waals surface area contributed by atoms with Crippen molar-refractivity contribution in [2.24, 2.45) is 5.73 Å². The average Bonchev–Trinajstić information content (AvgIpc) is 2.86. The molecule has 3 nitrogen and oxygen atoms in total. The van der Waals surface area contributed by atoms with Gasteiger partial charge >= 0.3 is 0 Å². The molecule has 2 aliphatic heterocycles. The Labute approximate surface area is 127 Å². The second kappa shape index (κ2) is 6.22. The topological polar surface area (TPSA) is 32.5 Å². The van der Waals surface area contributed by atoms with E-state index in [2.05, 4.69) is 37.2 Å². The molecular formula is C14H22BrN3S. The predicted octanol–water partition coefficient (Wildman–Crippen LogP) is 2.68. The van der Waals surface area contributed by atoms with Crippen molar-refractivity contribution in [1.29, 1.82) is 0 Å². The molecule has 0 aliphatic carbocycles. The zero-order valence-electron chi connectivity index (χ0n) is 11.2. The van der Waals surface area contributed by atoms with Crippen molar-refractivity contribution in [2.75, 3.05) is 32.7 Å². The zero-order valence-corrected chi connectivity index (χ0v) is 13.6. The van der Waals surface area contributed by atoms with Gasteiger partial charge in [-0.2, -0.15) is 0 Å². The molecule has 5 heteroatoms. The molecule has 2 unspecified atom stereocenters. The number of piperidine rings is 1. The molecule has 2 atom stereocenters. The van der Waals surface area contributed by atoms with E-state index in [9.17, 15) is 0 Å². The number of thiophene rings is 1. The highest BCUT2D eigenvalue weighted by atomic mass is 79.9. The standard InChI is InChI=1S/C14H22BrN3S/c15-11-7-14(19-10-11)13(8-16)18-6-5-17-4-2-1-3-12(17)9-18/h7,10,12-13H,1-6,8-9,16H2. The summed E-state index contributed by atoms with van der Waals surface area (Å²) in [6.07, 6.45) is 4.14. The fraction of sp³-hybridized carbons (Fsp3) is 0.714. The normalized spacial score (nSPS) is 27.2. The van der Waals surface area contributed by atoms with Gasteiger partial charge in [0, 0.05) is 47.0 Å². The highest BCUT2D eigenvalue weighted by Crippen LogP contribution is 2.31. The van der Waals surface area contributed by atoms with Crippen LogP contribution < -0.4 is 5.73 Å². The molecule has 3 heterocycles. The molecule has 106 valence electrons. The fourth-order valence-corrected chi connectivity index (χ4v) is 5.00. The maximum Gasteiger partial charge on any atom is 0.0565 e. The van der Waals surface area contributed by atoms with E-state index < -0.39 is 0 Å². The quantitative estimate of drug-likeness (QED) is 0.915. The maximum absolute atomic E-state index is 6.05. The van der Waals surface area contributed by atoms with Gasteiger partial charge in [0.25, 0.3) is 0 Å². The van der Waals surface area contributed by atoms with Crippen LogP contribution in [0.1, 0.15) is 30.2 Å². The van der Waals surface area contributed by atoms with E-state index >= 15 is 0 Å². The van der Waals surface area contributed by atoms with E-state index in [1.807, 2.05) is 11.3 Å². The molecule has 19 heavy (non-hydrogen) atoms. The highest BCUT2D eigenvalue weighted by Gasteiger charge is 2.32. The van der Waals surface area contributed by atoms with Crippen LogP contribution in [0.4, 0.5) is 0 Å². The van der Waals surface area contributed by atoms with E-state index in [-0.39, 0.29) is 0 Å². The molecule has 0 bridgehead atoms. The van der Waals surface area contributed by atoms with Crippen LogP contribution in [0.25, 0.3) is 0 Å². The van der Waals surface area contributed by atoms with Crippen molar-refractivity contribution >= 4 is 27.3 Å². The first-order valence-corrected chi connectivity index (χ1v) is 8.87. The molecule has 1 aromatic rings. The Hall–Kier alpha value is 0.0600. The van der Waals surface area contributed by atoms with Gasteiger partial charge in [-0.25, -0.2) is 0 Å². The Morgan fingerprint density at radius 1 is 1.37 bits per heavy atom. The minimum Gasteiger partial charge on any atom is -0.329 e. The molecule has 3 rings (SSSR count). The molecule has 2 aliphatic rings.